The summed E-state index contributed by atoms with van der Waals surface area (Å²) in [6.45, 7) is 4.97. The molecule has 34 heavy (non-hydrogen) atoms. The van der Waals surface area contributed by atoms with Crippen LogP contribution in [0.25, 0.3) is 32.8 Å². The van der Waals surface area contributed by atoms with E-state index in [1.165, 1.54) is 6.42 Å². The molecule has 3 aromatic carbocycles. The van der Waals surface area contributed by atoms with Crippen LogP contribution in [0.1, 0.15) is 55.0 Å². The Labute approximate surface area is 198 Å². The molecule has 4 N–H and O–H groups in total. The average Bonchev–Trinajstić information content (AvgIpc) is 3.61. The number of rotatable bonds is 5. The lowest BCUT2D eigenvalue weighted by molar-refractivity contribution is 0.614. The number of H-pyrrole nitrogens is 2. The van der Waals surface area contributed by atoms with E-state index < -0.39 is 0 Å². The molecular formula is C28H28N6. The first-order valence-electron chi connectivity index (χ1n) is 12.1. The van der Waals surface area contributed by atoms with Gasteiger partial charge in [-0.2, -0.15) is 0 Å². The van der Waals surface area contributed by atoms with Gasteiger partial charge in [-0.3, -0.25) is 0 Å². The van der Waals surface area contributed by atoms with Crippen molar-refractivity contribution in [2.45, 2.75) is 38.8 Å². The molecular weight excluding hydrogens is 420 g/mol. The highest BCUT2D eigenvalue weighted by molar-refractivity contribution is 6.04. The maximum Gasteiger partial charge on any atom is 0.124 e. The van der Waals surface area contributed by atoms with Gasteiger partial charge in [-0.1, -0.05) is 30.9 Å². The van der Waals surface area contributed by atoms with Crippen LogP contribution in [-0.4, -0.2) is 33.0 Å². The third-order valence-electron chi connectivity index (χ3n) is 6.48. The second-order valence-electron chi connectivity index (χ2n) is 9.01. The van der Waals surface area contributed by atoms with Crippen LogP contribution in [0.15, 0.2) is 48.5 Å². The summed E-state index contributed by atoms with van der Waals surface area (Å²) >= 11 is 0. The van der Waals surface area contributed by atoms with Crippen molar-refractivity contribution >= 4 is 32.8 Å². The Kier molecular flexibility index (Phi) is 5.50. The second-order valence-corrected chi connectivity index (χ2v) is 9.01. The first kappa shape index (κ1) is 20.9. The Morgan fingerprint density at radius 2 is 1.85 bits per heavy atom. The van der Waals surface area contributed by atoms with Crippen LogP contribution in [0, 0.1) is 11.8 Å². The van der Waals surface area contributed by atoms with E-state index >= 15 is 0 Å². The summed E-state index contributed by atoms with van der Waals surface area (Å²) in [5.74, 6) is 8.65. The Hall–Kier alpha value is -3.66. The summed E-state index contributed by atoms with van der Waals surface area (Å²) in [5.41, 5.74) is 6.09. The van der Waals surface area contributed by atoms with E-state index in [2.05, 4.69) is 80.7 Å². The fraction of sp³-hybridized carbons (Fsp3) is 0.286. The lowest BCUT2D eigenvalue weighted by atomic mass is 10.1. The number of hydrogen-bond acceptors (Lipinski definition) is 4. The van der Waals surface area contributed by atoms with Gasteiger partial charge in [0, 0.05) is 16.5 Å². The molecule has 0 amide bonds. The summed E-state index contributed by atoms with van der Waals surface area (Å²) < 4.78 is 0. The standard InChI is InChI=1S/C28H28N6/c1-2-13-29-17-26-31-22-11-8-19(16-25(22)32-26)6-5-18-7-10-21-20(15-18)9-12-23-27(21)34-28(33-23)24-4-3-14-30-24/h7-12,15-16,24,29-30H,2-4,13-14,17H2,1H3,(H,31,32)(H,33,34)/t24-/m0/s1. The molecule has 1 aliphatic rings. The molecule has 6 heteroatoms. The number of nitrogens with one attached hydrogen (secondary N) is 4. The molecule has 1 saturated heterocycles. The van der Waals surface area contributed by atoms with E-state index in [4.69, 9.17) is 4.98 Å². The SMILES string of the molecule is CCCNCc1nc2ccc(C#Cc3ccc4c(ccc5[nH]c([C@@H]6CCCN6)nc54)c3)cc2[nH]1. The molecule has 1 fully saturated rings. The average molecular weight is 449 g/mol. The normalized spacial score (nSPS) is 15.9. The van der Waals surface area contributed by atoms with Crippen molar-refractivity contribution in [3.63, 3.8) is 0 Å². The van der Waals surface area contributed by atoms with Gasteiger partial charge in [-0.05, 0) is 74.1 Å². The lowest BCUT2D eigenvalue weighted by Gasteiger charge is -2.04. The highest BCUT2D eigenvalue weighted by Gasteiger charge is 2.20. The first-order chi connectivity index (χ1) is 16.8. The lowest BCUT2D eigenvalue weighted by Crippen LogP contribution is -2.14. The van der Waals surface area contributed by atoms with Gasteiger partial charge in [0.05, 0.1) is 34.7 Å². The summed E-state index contributed by atoms with van der Waals surface area (Å²) in [4.78, 5) is 16.5. The van der Waals surface area contributed by atoms with Gasteiger partial charge in [0.1, 0.15) is 11.6 Å². The third-order valence-corrected chi connectivity index (χ3v) is 6.48. The summed E-state index contributed by atoms with van der Waals surface area (Å²) in [7, 11) is 0. The van der Waals surface area contributed by atoms with E-state index in [-0.39, 0.29) is 0 Å². The topological polar surface area (TPSA) is 81.4 Å². The molecule has 0 saturated carbocycles. The zero-order chi connectivity index (χ0) is 22.9. The largest absolute Gasteiger partial charge is 0.341 e. The third kappa shape index (κ3) is 4.05. The van der Waals surface area contributed by atoms with E-state index in [0.29, 0.717) is 6.04 Å². The number of aromatic amines is 2. The number of benzene rings is 3. The van der Waals surface area contributed by atoms with Crippen LogP contribution in [0.5, 0.6) is 0 Å². The van der Waals surface area contributed by atoms with Gasteiger partial charge in [-0.25, -0.2) is 9.97 Å². The van der Waals surface area contributed by atoms with Crippen LogP contribution >= 0.6 is 0 Å². The van der Waals surface area contributed by atoms with Gasteiger partial charge < -0.3 is 20.6 Å². The van der Waals surface area contributed by atoms with Crippen LogP contribution < -0.4 is 10.6 Å². The van der Waals surface area contributed by atoms with Crippen LogP contribution in [0.3, 0.4) is 0 Å². The number of nitrogens with zero attached hydrogens (tertiary/aromatic N) is 2. The summed E-state index contributed by atoms with van der Waals surface area (Å²) in [5, 5.41) is 9.23. The minimum atomic E-state index is 0.337. The van der Waals surface area contributed by atoms with Gasteiger partial charge in [0.25, 0.3) is 0 Å². The Balaban J connectivity index is 1.26. The van der Waals surface area contributed by atoms with Gasteiger partial charge in [0.15, 0.2) is 0 Å². The zero-order valence-electron chi connectivity index (χ0n) is 19.3. The molecule has 1 atom stereocenters. The number of fused-ring (bicyclic) bond motifs is 4. The number of aromatic nitrogens is 4. The molecule has 0 radical (unpaired) electrons. The minimum Gasteiger partial charge on any atom is -0.341 e. The molecule has 0 bridgehead atoms. The predicted molar refractivity (Wildman–Crippen MR) is 138 cm³/mol. The monoisotopic (exact) mass is 448 g/mol. The van der Waals surface area contributed by atoms with Gasteiger partial charge >= 0.3 is 0 Å². The number of hydrogen-bond donors (Lipinski definition) is 4. The van der Waals surface area contributed by atoms with Crippen molar-refractivity contribution in [2.24, 2.45) is 0 Å². The fourth-order valence-corrected chi connectivity index (χ4v) is 4.73. The van der Waals surface area contributed by atoms with Crippen LogP contribution in [-0.2, 0) is 6.54 Å². The molecule has 6 rings (SSSR count). The van der Waals surface area contributed by atoms with Crippen molar-refractivity contribution in [2.75, 3.05) is 13.1 Å². The van der Waals surface area contributed by atoms with Gasteiger partial charge in [0.2, 0.25) is 0 Å². The number of imidazole rings is 2. The van der Waals surface area contributed by atoms with Crippen molar-refractivity contribution in [3.8, 4) is 11.8 Å². The Bertz CT molecular complexity index is 1540. The van der Waals surface area contributed by atoms with E-state index in [1.807, 2.05) is 12.1 Å². The smallest absolute Gasteiger partial charge is 0.124 e. The van der Waals surface area contributed by atoms with Gasteiger partial charge in [-0.15, -0.1) is 0 Å². The first-order valence-corrected chi connectivity index (χ1v) is 12.1. The van der Waals surface area contributed by atoms with Crippen molar-refractivity contribution in [1.82, 2.24) is 30.6 Å². The Morgan fingerprint density at radius 3 is 2.71 bits per heavy atom. The highest BCUT2D eigenvalue weighted by Crippen LogP contribution is 2.28. The maximum atomic E-state index is 4.93. The molecule has 0 spiro atoms. The maximum absolute atomic E-state index is 4.93. The van der Waals surface area contributed by atoms with E-state index in [0.717, 1.165) is 88.1 Å². The molecule has 170 valence electrons. The fourth-order valence-electron chi connectivity index (χ4n) is 4.73. The molecule has 5 aromatic rings. The van der Waals surface area contributed by atoms with Crippen molar-refractivity contribution in [3.05, 3.63) is 71.3 Å². The van der Waals surface area contributed by atoms with E-state index in [1.54, 1.807) is 0 Å². The zero-order valence-corrected chi connectivity index (χ0v) is 19.3. The molecule has 0 aliphatic carbocycles. The van der Waals surface area contributed by atoms with Crippen LogP contribution in [0.4, 0.5) is 0 Å². The predicted octanol–water partition coefficient (Wildman–Crippen LogP) is 4.92. The van der Waals surface area contributed by atoms with E-state index in [9.17, 15) is 0 Å². The minimum absolute atomic E-state index is 0.337. The molecule has 1 aliphatic heterocycles. The molecule has 2 aromatic heterocycles. The highest BCUT2D eigenvalue weighted by atomic mass is 15.0. The summed E-state index contributed by atoms with van der Waals surface area (Å²) in [6.07, 6.45) is 3.45. The molecule has 3 heterocycles. The summed E-state index contributed by atoms with van der Waals surface area (Å²) in [6, 6.07) is 17.1. The van der Waals surface area contributed by atoms with Crippen molar-refractivity contribution < 1.29 is 0 Å². The second kappa shape index (κ2) is 8.94. The Morgan fingerprint density at radius 1 is 0.971 bits per heavy atom. The quantitative estimate of drug-likeness (QED) is 0.227. The van der Waals surface area contributed by atoms with Crippen LogP contribution in [0.2, 0.25) is 0 Å². The molecule has 6 nitrogen and oxygen atoms in total. The van der Waals surface area contributed by atoms with Crippen molar-refractivity contribution in [1.29, 1.82) is 0 Å². The molecule has 0 unspecified atom stereocenters.